The lowest BCUT2D eigenvalue weighted by Gasteiger charge is -2.25. The van der Waals surface area contributed by atoms with Gasteiger partial charge in [-0.05, 0) is 23.6 Å². The van der Waals surface area contributed by atoms with Crippen LogP contribution in [0.2, 0.25) is 0 Å². The molecule has 0 amide bonds. The predicted octanol–water partition coefficient (Wildman–Crippen LogP) is 4.44. The Morgan fingerprint density at radius 3 is 2.82 bits per heavy atom. The first-order valence-electron chi connectivity index (χ1n) is 9.07. The normalized spacial score (nSPS) is 15.1. The Hall–Kier alpha value is -2.39. The number of aromatic nitrogens is 3. The van der Waals surface area contributed by atoms with Gasteiger partial charge in [0, 0.05) is 35.1 Å². The summed E-state index contributed by atoms with van der Waals surface area (Å²) in [6, 6.07) is 7.91. The van der Waals surface area contributed by atoms with Crippen molar-refractivity contribution in [1.82, 2.24) is 19.9 Å². The van der Waals surface area contributed by atoms with Crippen LogP contribution in [0.1, 0.15) is 5.82 Å². The summed E-state index contributed by atoms with van der Waals surface area (Å²) in [7, 11) is 0. The highest BCUT2D eigenvalue weighted by Crippen LogP contribution is 2.41. The molecule has 5 heterocycles. The number of rotatable bonds is 5. The zero-order valence-corrected chi connectivity index (χ0v) is 16.7. The highest BCUT2D eigenvalue weighted by Gasteiger charge is 2.20. The van der Waals surface area contributed by atoms with Gasteiger partial charge in [0.05, 0.1) is 31.3 Å². The fraction of sp³-hybridized carbons (Fsp3) is 0.250. The largest absolute Gasteiger partial charge is 0.437 e. The van der Waals surface area contributed by atoms with Crippen molar-refractivity contribution in [3.8, 4) is 22.1 Å². The molecule has 4 aromatic heterocycles. The van der Waals surface area contributed by atoms with Crippen molar-refractivity contribution in [2.24, 2.45) is 0 Å². The molecule has 0 saturated carbocycles. The second-order valence-corrected chi connectivity index (χ2v) is 8.24. The molecule has 28 heavy (non-hydrogen) atoms. The predicted molar refractivity (Wildman–Crippen MR) is 111 cm³/mol. The second kappa shape index (κ2) is 7.92. The Balaban J connectivity index is 1.57. The van der Waals surface area contributed by atoms with Crippen molar-refractivity contribution in [1.29, 1.82) is 0 Å². The van der Waals surface area contributed by atoms with E-state index in [1.54, 1.807) is 35.1 Å². The molecule has 8 heteroatoms. The van der Waals surface area contributed by atoms with E-state index in [2.05, 4.69) is 32.8 Å². The van der Waals surface area contributed by atoms with E-state index in [0.717, 1.165) is 47.9 Å². The Kier molecular flexibility index (Phi) is 5.01. The van der Waals surface area contributed by atoms with Crippen molar-refractivity contribution < 1.29 is 9.47 Å². The van der Waals surface area contributed by atoms with Gasteiger partial charge >= 0.3 is 0 Å². The molecule has 0 atom stereocenters. The molecular formula is C20H18N4O2S2. The van der Waals surface area contributed by atoms with Crippen LogP contribution in [0.15, 0.2) is 47.4 Å². The molecule has 0 bridgehead atoms. The van der Waals surface area contributed by atoms with Gasteiger partial charge in [0.25, 0.3) is 0 Å². The second-order valence-electron chi connectivity index (χ2n) is 6.43. The molecule has 0 aliphatic carbocycles. The molecule has 0 unspecified atom stereocenters. The van der Waals surface area contributed by atoms with E-state index in [-0.39, 0.29) is 0 Å². The number of nitrogens with zero attached hydrogens (tertiary/aromatic N) is 4. The van der Waals surface area contributed by atoms with E-state index in [9.17, 15) is 0 Å². The van der Waals surface area contributed by atoms with Crippen LogP contribution in [0.3, 0.4) is 0 Å². The summed E-state index contributed by atoms with van der Waals surface area (Å²) in [6.45, 7) is 3.98. The van der Waals surface area contributed by atoms with E-state index >= 15 is 0 Å². The first kappa shape index (κ1) is 17.7. The highest BCUT2D eigenvalue weighted by atomic mass is 32.1. The number of fused-ring (bicyclic) bond motifs is 1. The quantitative estimate of drug-likeness (QED) is 0.485. The van der Waals surface area contributed by atoms with Gasteiger partial charge in [0.1, 0.15) is 16.4 Å². The van der Waals surface area contributed by atoms with E-state index in [1.165, 1.54) is 4.88 Å². The van der Waals surface area contributed by atoms with E-state index < -0.39 is 0 Å². The highest BCUT2D eigenvalue weighted by molar-refractivity contribution is 7.18. The van der Waals surface area contributed by atoms with Crippen LogP contribution in [0.25, 0.3) is 20.7 Å². The maximum absolute atomic E-state index is 6.17. The average molecular weight is 411 g/mol. The van der Waals surface area contributed by atoms with Gasteiger partial charge in [-0.1, -0.05) is 6.07 Å². The molecule has 142 valence electrons. The molecule has 1 fully saturated rings. The van der Waals surface area contributed by atoms with Crippen molar-refractivity contribution in [2.45, 2.75) is 6.54 Å². The minimum Gasteiger partial charge on any atom is -0.437 e. The van der Waals surface area contributed by atoms with Crippen LogP contribution < -0.4 is 4.74 Å². The smallest absolute Gasteiger partial charge is 0.232 e. The minimum absolute atomic E-state index is 0.589. The van der Waals surface area contributed by atoms with Crippen LogP contribution in [0.5, 0.6) is 11.6 Å². The standard InChI is InChI=1S/C20H18N4O2S2/c1-3-14(11-21-5-1)26-19-18-15(16-4-2-10-27-16)13-28-20(18)23-17(22-19)12-24-6-8-25-9-7-24/h1-5,10-11,13H,6-9,12H2. The van der Waals surface area contributed by atoms with Crippen LogP contribution in [-0.2, 0) is 11.3 Å². The van der Waals surface area contributed by atoms with Gasteiger partial charge in [-0.2, -0.15) is 4.98 Å². The number of pyridine rings is 1. The van der Waals surface area contributed by atoms with Gasteiger partial charge in [-0.25, -0.2) is 4.98 Å². The molecule has 6 nitrogen and oxygen atoms in total. The summed E-state index contributed by atoms with van der Waals surface area (Å²) in [4.78, 5) is 18.2. The molecule has 1 aliphatic rings. The molecule has 0 N–H and O–H groups in total. The fourth-order valence-corrected chi connectivity index (χ4v) is 4.96. The molecule has 1 saturated heterocycles. The summed E-state index contributed by atoms with van der Waals surface area (Å²) in [6.07, 6.45) is 3.43. The molecular weight excluding hydrogens is 392 g/mol. The lowest BCUT2D eigenvalue weighted by Crippen LogP contribution is -2.36. The maximum Gasteiger partial charge on any atom is 0.232 e. The van der Waals surface area contributed by atoms with Crippen molar-refractivity contribution in [2.75, 3.05) is 26.3 Å². The topological polar surface area (TPSA) is 60.4 Å². The molecule has 4 aromatic rings. The van der Waals surface area contributed by atoms with Crippen LogP contribution in [0, 0.1) is 0 Å². The first-order chi connectivity index (χ1) is 13.9. The lowest BCUT2D eigenvalue weighted by molar-refractivity contribution is 0.0330. The van der Waals surface area contributed by atoms with E-state index in [1.807, 2.05) is 12.1 Å². The van der Waals surface area contributed by atoms with Crippen LogP contribution in [0.4, 0.5) is 0 Å². The third-order valence-corrected chi connectivity index (χ3v) is 6.33. The van der Waals surface area contributed by atoms with E-state index in [0.29, 0.717) is 18.2 Å². The summed E-state index contributed by atoms with van der Waals surface area (Å²) >= 11 is 3.33. The van der Waals surface area contributed by atoms with Crippen molar-refractivity contribution >= 4 is 32.9 Å². The number of hydrogen-bond donors (Lipinski definition) is 0. The number of morpholine rings is 1. The number of ether oxygens (including phenoxy) is 2. The van der Waals surface area contributed by atoms with Gasteiger partial charge in [-0.15, -0.1) is 22.7 Å². The van der Waals surface area contributed by atoms with Gasteiger partial charge in [-0.3, -0.25) is 9.88 Å². The zero-order valence-electron chi connectivity index (χ0n) is 15.1. The SMILES string of the molecule is c1cncc(Oc2nc(CN3CCOCC3)nc3scc(-c4cccs4)c23)c1. The van der Waals surface area contributed by atoms with Crippen LogP contribution in [-0.4, -0.2) is 46.2 Å². The van der Waals surface area contributed by atoms with E-state index in [4.69, 9.17) is 19.4 Å². The Bertz CT molecular complexity index is 1060. The molecule has 5 rings (SSSR count). The van der Waals surface area contributed by atoms with Gasteiger partial charge in [0.15, 0.2) is 0 Å². The molecule has 1 aliphatic heterocycles. The third-order valence-electron chi connectivity index (χ3n) is 4.55. The summed E-state index contributed by atoms with van der Waals surface area (Å²) in [5.41, 5.74) is 1.12. The summed E-state index contributed by atoms with van der Waals surface area (Å²) in [5, 5.41) is 5.18. The van der Waals surface area contributed by atoms with Gasteiger partial charge < -0.3 is 9.47 Å². The molecule has 0 radical (unpaired) electrons. The fourth-order valence-electron chi connectivity index (χ4n) is 3.19. The molecule has 0 spiro atoms. The minimum atomic E-state index is 0.589. The zero-order chi connectivity index (χ0) is 18.8. The number of thiophene rings is 2. The molecule has 0 aromatic carbocycles. The van der Waals surface area contributed by atoms with Crippen molar-refractivity contribution in [3.05, 3.63) is 53.2 Å². The first-order valence-corrected chi connectivity index (χ1v) is 10.8. The Morgan fingerprint density at radius 1 is 1.11 bits per heavy atom. The monoisotopic (exact) mass is 410 g/mol. The Morgan fingerprint density at radius 2 is 2.04 bits per heavy atom. The summed E-state index contributed by atoms with van der Waals surface area (Å²) in [5.74, 6) is 2.03. The lowest BCUT2D eigenvalue weighted by atomic mass is 10.2. The number of hydrogen-bond acceptors (Lipinski definition) is 8. The van der Waals surface area contributed by atoms with Crippen molar-refractivity contribution in [3.63, 3.8) is 0 Å². The third kappa shape index (κ3) is 3.64. The summed E-state index contributed by atoms with van der Waals surface area (Å²) < 4.78 is 11.6. The van der Waals surface area contributed by atoms with Gasteiger partial charge in [0.2, 0.25) is 5.88 Å². The Labute approximate surface area is 170 Å². The maximum atomic E-state index is 6.17. The van der Waals surface area contributed by atoms with Crippen LogP contribution >= 0.6 is 22.7 Å². The average Bonchev–Trinajstić information content (AvgIpc) is 3.39.